The van der Waals surface area contributed by atoms with E-state index in [0.29, 0.717) is 32.3 Å². The number of fused-ring (bicyclic) bond motifs is 1. The van der Waals surface area contributed by atoms with Gasteiger partial charge in [-0.15, -0.1) is 0 Å². The Hall–Kier alpha value is -3.42. The summed E-state index contributed by atoms with van der Waals surface area (Å²) >= 11 is 0. The minimum absolute atomic E-state index is 0.0316. The Morgan fingerprint density at radius 1 is 1.27 bits per heavy atom. The lowest BCUT2D eigenvalue weighted by Crippen LogP contribution is -2.47. The number of aromatic nitrogens is 3. The first-order valence-corrected chi connectivity index (χ1v) is 18.1. The van der Waals surface area contributed by atoms with Gasteiger partial charge in [-0.3, -0.25) is 0 Å². The number of benzene rings is 1. The molecule has 1 aliphatic rings. The maximum atomic E-state index is 12.6. The summed E-state index contributed by atoms with van der Waals surface area (Å²) in [6.07, 6.45) is 5.47. The number of nitrogens with one attached hydrogen (secondary N) is 1. The number of carbonyl (C=O) groups is 1. The summed E-state index contributed by atoms with van der Waals surface area (Å²) in [5.74, 6) is 0.540. The van der Waals surface area contributed by atoms with E-state index in [1.807, 2.05) is 40.0 Å². The van der Waals surface area contributed by atoms with Gasteiger partial charge in [0.15, 0.2) is 0 Å². The standard InChI is InChI=1S/C31H44N6O3Si/c1-22-17-33-29(34-24-10-9-13-36(19-24)30(38)40-31(2,3)4)35-28(22)26-20-37(21-39-14-15-41(6,7)8)27-16-23(18-32-5)11-12-25(26)27/h11-12,16-17,20,24H,9-10,13-15,18-19,21H2,1-4,6-8H3,(H,33,34,35)/t24-/m0/s1. The zero-order valence-electron chi connectivity index (χ0n) is 25.6. The molecule has 0 bridgehead atoms. The van der Waals surface area contributed by atoms with Crippen LogP contribution in [0.1, 0.15) is 44.7 Å². The van der Waals surface area contributed by atoms with Gasteiger partial charge in [0.05, 0.1) is 11.2 Å². The molecule has 0 radical (unpaired) electrons. The normalized spacial score (nSPS) is 16.0. The largest absolute Gasteiger partial charge is 0.444 e. The first-order valence-electron chi connectivity index (χ1n) is 14.4. The van der Waals surface area contributed by atoms with Crippen molar-refractivity contribution < 1.29 is 14.3 Å². The molecular formula is C31H44N6O3Si. The van der Waals surface area contributed by atoms with Crippen LogP contribution in [0.5, 0.6) is 0 Å². The van der Waals surface area contributed by atoms with E-state index >= 15 is 0 Å². The fourth-order valence-electron chi connectivity index (χ4n) is 4.92. The van der Waals surface area contributed by atoms with Gasteiger partial charge in [-0.25, -0.2) is 21.3 Å². The van der Waals surface area contributed by atoms with Gasteiger partial charge in [0, 0.05) is 62.7 Å². The molecule has 1 aliphatic heterocycles. The molecule has 1 aromatic carbocycles. The third-order valence-electron chi connectivity index (χ3n) is 7.07. The van der Waals surface area contributed by atoms with Crippen LogP contribution in [0.25, 0.3) is 27.0 Å². The van der Waals surface area contributed by atoms with Crippen LogP contribution in [-0.2, 0) is 22.7 Å². The van der Waals surface area contributed by atoms with E-state index in [-0.39, 0.29) is 12.1 Å². The molecule has 41 heavy (non-hydrogen) atoms. The SMILES string of the molecule is [C-]#[N+]Cc1ccc2c(-c3nc(N[C@H]4CCCN(C(=O)OC(C)(C)C)C4)ncc3C)cn(COCC[Si](C)(C)C)c2c1. The van der Waals surface area contributed by atoms with E-state index < -0.39 is 13.7 Å². The zero-order chi connectivity index (χ0) is 29.8. The fraction of sp³-hybridized carbons (Fsp3) is 0.548. The van der Waals surface area contributed by atoms with Crippen LogP contribution in [-0.4, -0.2) is 64.9 Å². The summed E-state index contributed by atoms with van der Waals surface area (Å²) in [5.41, 5.74) is 4.31. The number of carbonyl (C=O) groups excluding carboxylic acids is 1. The Morgan fingerprint density at radius 2 is 2.05 bits per heavy atom. The average Bonchev–Trinajstić information content (AvgIpc) is 3.24. The summed E-state index contributed by atoms with van der Waals surface area (Å²) in [5, 5.41) is 4.53. The molecule has 1 amide bonds. The molecule has 0 spiro atoms. The molecule has 0 unspecified atom stereocenters. The van der Waals surface area contributed by atoms with Crippen LogP contribution < -0.4 is 5.32 Å². The smallest absolute Gasteiger partial charge is 0.410 e. The van der Waals surface area contributed by atoms with E-state index in [0.717, 1.165) is 58.8 Å². The van der Waals surface area contributed by atoms with Crippen molar-refractivity contribution in [3.05, 3.63) is 53.1 Å². The van der Waals surface area contributed by atoms with Crippen molar-refractivity contribution in [1.82, 2.24) is 19.4 Å². The summed E-state index contributed by atoms with van der Waals surface area (Å²) in [6, 6.07) is 7.32. The highest BCUT2D eigenvalue weighted by Gasteiger charge is 2.28. The maximum absolute atomic E-state index is 12.6. The molecule has 3 aromatic rings. The van der Waals surface area contributed by atoms with Crippen molar-refractivity contribution >= 4 is 31.0 Å². The first-order chi connectivity index (χ1) is 19.3. The Morgan fingerprint density at radius 3 is 2.76 bits per heavy atom. The summed E-state index contributed by atoms with van der Waals surface area (Å²) in [4.78, 5) is 27.5. The number of amides is 1. The molecule has 4 rings (SSSR count). The van der Waals surface area contributed by atoms with Crippen molar-refractivity contribution in [2.24, 2.45) is 0 Å². The minimum Gasteiger partial charge on any atom is -0.444 e. The lowest BCUT2D eigenvalue weighted by atomic mass is 10.0. The number of hydrogen-bond donors (Lipinski definition) is 1. The van der Waals surface area contributed by atoms with Gasteiger partial charge in [-0.1, -0.05) is 31.8 Å². The van der Waals surface area contributed by atoms with Gasteiger partial charge in [0.25, 0.3) is 0 Å². The lowest BCUT2D eigenvalue weighted by Gasteiger charge is -2.34. The van der Waals surface area contributed by atoms with Gasteiger partial charge < -0.3 is 29.1 Å². The molecule has 220 valence electrons. The molecule has 1 saturated heterocycles. The van der Waals surface area contributed by atoms with Crippen molar-refractivity contribution in [2.45, 2.75) is 91.1 Å². The molecule has 1 N–H and O–H groups in total. The van der Waals surface area contributed by atoms with Gasteiger partial charge in [-0.2, -0.15) is 0 Å². The van der Waals surface area contributed by atoms with Crippen LogP contribution in [0, 0.1) is 13.5 Å². The fourth-order valence-corrected chi connectivity index (χ4v) is 5.67. The van der Waals surface area contributed by atoms with Crippen LogP contribution in [0.15, 0.2) is 30.6 Å². The molecule has 1 atom stereocenters. The van der Waals surface area contributed by atoms with E-state index in [1.165, 1.54) is 0 Å². The van der Waals surface area contributed by atoms with Crippen molar-refractivity contribution in [2.75, 3.05) is 25.0 Å². The highest BCUT2D eigenvalue weighted by Crippen LogP contribution is 2.33. The van der Waals surface area contributed by atoms with Gasteiger partial charge in [-0.05, 0) is 58.2 Å². The van der Waals surface area contributed by atoms with Crippen LogP contribution in [0.3, 0.4) is 0 Å². The van der Waals surface area contributed by atoms with Gasteiger partial charge in [0.1, 0.15) is 12.3 Å². The highest BCUT2D eigenvalue weighted by atomic mass is 28.3. The van der Waals surface area contributed by atoms with E-state index in [4.69, 9.17) is 21.0 Å². The zero-order valence-corrected chi connectivity index (χ0v) is 26.6. The number of nitrogens with zero attached hydrogens (tertiary/aromatic N) is 5. The Labute approximate surface area is 245 Å². The Bertz CT molecular complexity index is 1420. The van der Waals surface area contributed by atoms with E-state index in [9.17, 15) is 4.79 Å². The monoisotopic (exact) mass is 576 g/mol. The maximum Gasteiger partial charge on any atom is 0.410 e. The second-order valence-electron chi connectivity index (χ2n) is 13.2. The van der Waals surface area contributed by atoms with Gasteiger partial charge in [0.2, 0.25) is 12.5 Å². The van der Waals surface area contributed by atoms with Crippen LogP contribution in [0.4, 0.5) is 10.7 Å². The third-order valence-corrected chi connectivity index (χ3v) is 8.77. The summed E-state index contributed by atoms with van der Waals surface area (Å²) in [7, 11) is -1.19. The molecule has 10 heteroatoms. The van der Waals surface area contributed by atoms with Crippen molar-refractivity contribution in [1.29, 1.82) is 0 Å². The predicted octanol–water partition coefficient (Wildman–Crippen LogP) is 6.95. The number of rotatable bonds is 9. The predicted molar refractivity (Wildman–Crippen MR) is 167 cm³/mol. The Balaban J connectivity index is 1.58. The highest BCUT2D eigenvalue weighted by molar-refractivity contribution is 6.76. The first kappa shape index (κ1) is 30.5. The Kier molecular flexibility index (Phi) is 9.40. The van der Waals surface area contributed by atoms with Crippen LogP contribution >= 0.6 is 0 Å². The number of aryl methyl sites for hydroxylation is 1. The summed E-state index contributed by atoms with van der Waals surface area (Å²) < 4.78 is 13.8. The topological polar surface area (TPSA) is 85.9 Å². The summed E-state index contributed by atoms with van der Waals surface area (Å²) in [6.45, 7) is 24.8. The second-order valence-corrected chi connectivity index (χ2v) is 18.8. The number of likely N-dealkylation sites (tertiary alicyclic amines) is 1. The molecule has 2 aromatic heterocycles. The average molecular weight is 577 g/mol. The van der Waals surface area contributed by atoms with Crippen LogP contribution in [0.2, 0.25) is 25.7 Å². The van der Waals surface area contributed by atoms with Crippen molar-refractivity contribution in [3.63, 3.8) is 0 Å². The number of anilines is 1. The molecule has 0 saturated carbocycles. The van der Waals surface area contributed by atoms with E-state index in [1.54, 1.807) is 4.90 Å². The molecule has 0 aliphatic carbocycles. The number of piperidine rings is 1. The second kappa shape index (κ2) is 12.6. The third kappa shape index (κ3) is 8.30. The van der Waals surface area contributed by atoms with Crippen molar-refractivity contribution in [3.8, 4) is 11.3 Å². The molecule has 3 heterocycles. The minimum atomic E-state index is -1.19. The number of ether oxygens (including phenoxy) is 2. The molecule has 1 fully saturated rings. The van der Waals surface area contributed by atoms with Gasteiger partial charge >= 0.3 is 6.09 Å². The van der Waals surface area contributed by atoms with E-state index in [2.05, 4.69) is 57.7 Å². The molecule has 9 nitrogen and oxygen atoms in total. The quantitative estimate of drug-likeness (QED) is 0.169. The molecular weight excluding hydrogens is 532 g/mol. The number of hydrogen-bond acceptors (Lipinski definition) is 6. The lowest BCUT2D eigenvalue weighted by molar-refractivity contribution is 0.0206.